The highest BCUT2D eigenvalue weighted by Crippen LogP contribution is 2.33. The molecule has 5 heteroatoms. The quantitative estimate of drug-likeness (QED) is 0.144. The Bertz CT molecular complexity index is 1580. The van der Waals surface area contributed by atoms with Crippen molar-refractivity contribution < 1.29 is 24.1 Å². The molecule has 5 aromatic carbocycles. The highest BCUT2D eigenvalue weighted by molar-refractivity contribution is 5.60. The minimum Gasteiger partial charge on any atom is -0.494 e. The minimum atomic E-state index is -0.919. The van der Waals surface area contributed by atoms with Crippen molar-refractivity contribution >= 4 is 6.08 Å². The van der Waals surface area contributed by atoms with Gasteiger partial charge in [-0.25, -0.2) is 0 Å². The van der Waals surface area contributed by atoms with E-state index in [9.17, 15) is 5.11 Å². The zero-order valence-corrected chi connectivity index (χ0v) is 24.3. The van der Waals surface area contributed by atoms with Crippen molar-refractivity contribution in [2.45, 2.75) is 32.8 Å². The molecular formula is C38H36O5. The second-order valence-corrected chi connectivity index (χ2v) is 9.96. The first kappa shape index (κ1) is 29.5. The first-order valence-electron chi connectivity index (χ1n) is 14.4. The van der Waals surface area contributed by atoms with Crippen molar-refractivity contribution in [3.05, 3.63) is 161 Å². The molecule has 43 heavy (non-hydrogen) atoms. The molecule has 0 fully saturated rings. The van der Waals surface area contributed by atoms with Gasteiger partial charge in [0.15, 0.2) is 0 Å². The van der Waals surface area contributed by atoms with Gasteiger partial charge in [-0.15, -0.1) is 0 Å². The van der Waals surface area contributed by atoms with E-state index in [2.05, 4.69) is 0 Å². The average molecular weight is 573 g/mol. The summed E-state index contributed by atoms with van der Waals surface area (Å²) in [5.74, 6) is 2.61. The van der Waals surface area contributed by atoms with E-state index in [0.717, 1.165) is 22.3 Å². The molecule has 0 aromatic heterocycles. The van der Waals surface area contributed by atoms with Crippen LogP contribution in [-0.2, 0) is 19.8 Å². The van der Waals surface area contributed by atoms with Gasteiger partial charge in [-0.1, -0.05) is 103 Å². The average Bonchev–Trinajstić information content (AvgIpc) is 3.06. The third-order valence-electron chi connectivity index (χ3n) is 6.78. The minimum absolute atomic E-state index is 0.377. The van der Waals surface area contributed by atoms with E-state index >= 15 is 0 Å². The molecule has 1 atom stereocenters. The third-order valence-corrected chi connectivity index (χ3v) is 6.78. The summed E-state index contributed by atoms with van der Waals surface area (Å²) in [5.41, 5.74) is 4.64. The number of hydrogen-bond donors (Lipinski definition) is 1. The summed E-state index contributed by atoms with van der Waals surface area (Å²) < 4.78 is 24.2. The van der Waals surface area contributed by atoms with Gasteiger partial charge in [0.25, 0.3) is 0 Å². The molecule has 0 bridgehead atoms. The molecule has 5 rings (SSSR count). The first-order valence-corrected chi connectivity index (χ1v) is 14.4. The van der Waals surface area contributed by atoms with Gasteiger partial charge >= 0.3 is 0 Å². The third kappa shape index (κ3) is 8.74. The van der Waals surface area contributed by atoms with Crippen molar-refractivity contribution in [2.24, 2.45) is 0 Å². The van der Waals surface area contributed by atoms with Crippen LogP contribution < -0.4 is 18.9 Å². The van der Waals surface area contributed by atoms with Crippen LogP contribution in [0.5, 0.6) is 23.0 Å². The molecule has 0 aliphatic rings. The molecule has 0 heterocycles. The monoisotopic (exact) mass is 572 g/mol. The van der Waals surface area contributed by atoms with Crippen molar-refractivity contribution in [3.63, 3.8) is 0 Å². The molecule has 0 spiro atoms. The van der Waals surface area contributed by atoms with Gasteiger partial charge < -0.3 is 24.1 Å². The number of aliphatic hydroxyl groups is 1. The maximum absolute atomic E-state index is 11.3. The number of ether oxygens (including phenoxy) is 4. The Kier molecular flexibility index (Phi) is 10.5. The van der Waals surface area contributed by atoms with E-state index in [1.54, 1.807) is 6.08 Å². The Balaban J connectivity index is 1.36. The normalized spacial score (nSPS) is 11.7. The van der Waals surface area contributed by atoms with Crippen LogP contribution in [0.1, 0.15) is 40.8 Å². The van der Waals surface area contributed by atoms with Crippen LogP contribution >= 0.6 is 0 Å². The maximum atomic E-state index is 11.3. The summed E-state index contributed by atoms with van der Waals surface area (Å²) in [5, 5.41) is 11.3. The Morgan fingerprint density at radius 2 is 1.05 bits per heavy atom. The number of rotatable bonds is 14. The van der Waals surface area contributed by atoms with Gasteiger partial charge in [-0.05, 0) is 47.9 Å². The second-order valence-electron chi connectivity index (χ2n) is 9.96. The van der Waals surface area contributed by atoms with Gasteiger partial charge in [0.05, 0.1) is 6.61 Å². The zero-order valence-electron chi connectivity index (χ0n) is 24.3. The van der Waals surface area contributed by atoms with Crippen molar-refractivity contribution in [3.8, 4) is 23.0 Å². The highest BCUT2D eigenvalue weighted by atomic mass is 16.5. The summed E-state index contributed by atoms with van der Waals surface area (Å²) in [4.78, 5) is 0. The Morgan fingerprint density at radius 1 is 0.558 bits per heavy atom. The van der Waals surface area contributed by atoms with Gasteiger partial charge in [0.1, 0.15) is 48.9 Å². The molecule has 1 unspecified atom stereocenters. The molecule has 0 saturated heterocycles. The number of benzene rings is 5. The van der Waals surface area contributed by atoms with Gasteiger partial charge in [0.2, 0.25) is 0 Å². The Labute approximate surface area is 253 Å². The van der Waals surface area contributed by atoms with Crippen molar-refractivity contribution in [1.29, 1.82) is 0 Å². The van der Waals surface area contributed by atoms with Crippen LogP contribution in [-0.4, -0.2) is 11.7 Å². The van der Waals surface area contributed by atoms with E-state index in [4.69, 9.17) is 18.9 Å². The summed E-state index contributed by atoms with van der Waals surface area (Å²) in [7, 11) is 0. The predicted molar refractivity (Wildman–Crippen MR) is 170 cm³/mol. The molecule has 218 valence electrons. The van der Waals surface area contributed by atoms with E-state index in [-0.39, 0.29) is 0 Å². The maximum Gasteiger partial charge on any atom is 0.130 e. The highest BCUT2D eigenvalue weighted by Gasteiger charge is 2.14. The summed E-state index contributed by atoms with van der Waals surface area (Å²) in [6.07, 6.45) is 2.68. The Morgan fingerprint density at radius 3 is 1.63 bits per heavy atom. The molecule has 1 N–H and O–H groups in total. The molecule has 0 amide bonds. The molecule has 5 aromatic rings. The molecule has 0 aliphatic heterocycles. The fourth-order valence-electron chi connectivity index (χ4n) is 4.52. The van der Waals surface area contributed by atoms with E-state index in [1.807, 2.05) is 140 Å². The largest absolute Gasteiger partial charge is 0.494 e. The zero-order chi connectivity index (χ0) is 29.7. The Hall–Kier alpha value is -5.00. The van der Waals surface area contributed by atoms with Crippen LogP contribution in [0.15, 0.2) is 133 Å². The van der Waals surface area contributed by atoms with E-state index < -0.39 is 6.10 Å². The molecule has 0 radical (unpaired) electrons. The SMILES string of the molecule is CCOc1ccc(C(O)C=Cc2ccc(OCc3ccccc3)cc2OCc2ccccc2)c(OCc2ccccc2)c1. The van der Waals surface area contributed by atoms with Crippen LogP contribution in [0.3, 0.4) is 0 Å². The van der Waals surface area contributed by atoms with Crippen molar-refractivity contribution in [1.82, 2.24) is 0 Å². The summed E-state index contributed by atoms with van der Waals surface area (Å²) in [6.45, 7) is 3.71. The van der Waals surface area contributed by atoms with Crippen LogP contribution in [0.2, 0.25) is 0 Å². The van der Waals surface area contributed by atoms with Crippen LogP contribution in [0.4, 0.5) is 0 Å². The topological polar surface area (TPSA) is 57.2 Å². The number of aliphatic hydroxyl groups excluding tert-OH is 1. The second kappa shape index (κ2) is 15.3. The van der Waals surface area contributed by atoms with Gasteiger partial charge in [0, 0.05) is 23.3 Å². The van der Waals surface area contributed by atoms with E-state index in [0.29, 0.717) is 55.0 Å². The standard InChI is InChI=1S/C38H36O5/c1-2-40-33-21-22-35(38(25-33)43-28-31-16-10-5-11-17-31)36(39)23-19-32-18-20-34(41-26-29-12-6-3-7-13-29)24-37(32)42-27-30-14-8-4-9-15-30/h3-25,36,39H,2,26-28H2,1H3. The fourth-order valence-corrected chi connectivity index (χ4v) is 4.52. The molecule has 0 saturated carbocycles. The summed E-state index contributed by atoms with van der Waals surface area (Å²) >= 11 is 0. The first-order chi connectivity index (χ1) is 21.2. The molecule has 0 aliphatic carbocycles. The molecule has 5 nitrogen and oxygen atoms in total. The van der Waals surface area contributed by atoms with Gasteiger partial charge in [-0.2, -0.15) is 0 Å². The fraction of sp³-hybridized carbons (Fsp3) is 0.158. The summed E-state index contributed by atoms with van der Waals surface area (Å²) in [6, 6.07) is 41.2. The molecular weight excluding hydrogens is 536 g/mol. The van der Waals surface area contributed by atoms with E-state index in [1.165, 1.54) is 0 Å². The van der Waals surface area contributed by atoms with Gasteiger partial charge in [-0.3, -0.25) is 0 Å². The number of hydrogen-bond acceptors (Lipinski definition) is 5. The van der Waals surface area contributed by atoms with Crippen molar-refractivity contribution in [2.75, 3.05) is 6.61 Å². The van der Waals surface area contributed by atoms with Crippen LogP contribution in [0, 0.1) is 0 Å². The smallest absolute Gasteiger partial charge is 0.130 e. The lowest BCUT2D eigenvalue weighted by Crippen LogP contribution is -2.03. The predicted octanol–water partition coefficient (Wildman–Crippen LogP) is 8.57. The lowest BCUT2D eigenvalue weighted by Gasteiger charge is -2.16. The lowest BCUT2D eigenvalue weighted by molar-refractivity contribution is 0.216. The lowest BCUT2D eigenvalue weighted by atomic mass is 10.1. The van der Waals surface area contributed by atoms with Crippen LogP contribution in [0.25, 0.3) is 6.08 Å².